The van der Waals surface area contributed by atoms with E-state index in [1.807, 2.05) is 0 Å². The molecule has 2 rings (SSSR count). The van der Waals surface area contributed by atoms with Gasteiger partial charge in [-0.3, -0.25) is 9.59 Å². The van der Waals surface area contributed by atoms with Crippen molar-refractivity contribution in [3.8, 4) is 0 Å². The lowest BCUT2D eigenvalue weighted by molar-refractivity contribution is -0.118. The largest absolute Gasteiger partial charge is 0.319 e. The van der Waals surface area contributed by atoms with E-state index in [0.29, 0.717) is 18.1 Å². The fourth-order valence-corrected chi connectivity index (χ4v) is 2.36. The normalized spacial score (nSPS) is 10.4. The summed E-state index contributed by atoms with van der Waals surface area (Å²) in [6, 6.07) is 7.59. The summed E-state index contributed by atoms with van der Waals surface area (Å²) in [4.78, 5) is 24.0. The minimum atomic E-state index is -0.892. The number of carbonyl (C=O) groups excluding carboxylic acids is 2. The van der Waals surface area contributed by atoms with Gasteiger partial charge in [-0.1, -0.05) is 30.7 Å². The molecule has 0 saturated heterocycles. The Morgan fingerprint density at radius 1 is 1.17 bits per heavy atom. The summed E-state index contributed by atoms with van der Waals surface area (Å²) in [6.45, 7) is 1.72. The van der Waals surface area contributed by atoms with Crippen LogP contribution in [0.4, 0.5) is 14.5 Å². The Kier molecular flexibility index (Phi) is 5.45. The summed E-state index contributed by atoms with van der Waals surface area (Å²) in [5.74, 6) is -2.33. The summed E-state index contributed by atoms with van der Waals surface area (Å²) in [5, 5.41) is 2.51. The molecule has 23 heavy (non-hydrogen) atoms. The van der Waals surface area contributed by atoms with Crippen LogP contribution in [-0.4, -0.2) is 11.7 Å². The van der Waals surface area contributed by atoms with Gasteiger partial charge in [0.25, 0.3) is 5.91 Å². The van der Waals surface area contributed by atoms with Crippen molar-refractivity contribution in [3.05, 3.63) is 64.2 Å². The van der Waals surface area contributed by atoms with Crippen molar-refractivity contribution < 1.29 is 18.4 Å². The highest BCUT2D eigenvalue weighted by Gasteiger charge is 2.18. The Morgan fingerprint density at radius 2 is 1.91 bits per heavy atom. The number of carbonyl (C=O) groups is 2. The van der Waals surface area contributed by atoms with Crippen LogP contribution in [0.25, 0.3) is 0 Å². The minimum absolute atomic E-state index is 0.0470. The van der Waals surface area contributed by atoms with Gasteiger partial charge in [0, 0.05) is 18.9 Å². The standard InChI is InChI=1S/C17H14ClF2NO2/c1-2-12(22)8-10-4-3-5-13(18)16(10)17(23)21-15-7-6-11(19)9-14(15)20/h3-7,9H,2,8H2,1H3,(H,21,23). The second kappa shape index (κ2) is 7.33. The van der Waals surface area contributed by atoms with Crippen LogP contribution in [0, 0.1) is 11.6 Å². The average Bonchev–Trinajstić information content (AvgIpc) is 2.50. The lowest BCUT2D eigenvalue weighted by Gasteiger charge is -2.12. The van der Waals surface area contributed by atoms with Crippen LogP contribution >= 0.6 is 11.6 Å². The van der Waals surface area contributed by atoms with Gasteiger partial charge in [0.2, 0.25) is 0 Å². The third kappa shape index (κ3) is 4.13. The van der Waals surface area contributed by atoms with Crippen LogP contribution in [0.1, 0.15) is 29.3 Å². The van der Waals surface area contributed by atoms with E-state index in [1.54, 1.807) is 19.1 Å². The van der Waals surface area contributed by atoms with Gasteiger partial charge in [-0.25, -0.2) is 8.78 Å². The van der Waals surface area contributed by atoms with E-state index in [2.05, 4.69) is 5.32 Å². The van der Waals surface area contributed by atoms with Gasteiger partial charge in [-0.2, -0.15) is 0 Å². The van der Waals surface area contributed by atoms with E-state index in [-0.39, 0.29) is 28.5 Å². The van der Waals surface area contributed by atoms with Crippen molar-refractivity contribution in [3.63, 3.8) is 0 Å². The van der Waals surface area contributed by atoms with Gasteiger partial charge < -0.3 is 5.32 Å². The summed E-state index contributed by atoms with van der Waals surface area (Å²) < 4.78 is 26.6. The molecule has 0 heterocycles. The van der Waals surface area contributed by atoms with Gasteiger partial charge in [0.1, 0.15) is 17.4 Å². The lowest BCUT2D eigenvalue weighted by atomic mass is 10.0. The van der Waals surface area contributed by atoms with Gasteiger partial charge in [-0.05, 0) is 23.8 Å². The lowest BCUT2D eigenvalue weighted by Crippen LogP contribution is -2.17. The molecule has 1 amide bonds. The van der Waals surface area contributed by atoms with Crippen molar-refractivity contribution in [2.75, 3.05) is 5.32 Å². The van der Waals surface area contributed by atoms with Crippen molar-refractivity contribution in [1.29, 1.82) is 0 Å². The van der Waals surface area contributed by atoms with E-state index in [0.717, 1.165) is 12.1 Å². The second-order valence-corrected chi connectivity index (χ2v) is 5.33. The molecular weight excluding hydrogens is 324 g/mol. The molecule has 0 aliphatic rings. The maximum atomic E-state index is 13.7. The zero-order chi connectivity index (χ0) is 17.0. The number of Topliss-reactive ketones (excluding diaryl/α,β-unsaturated/α-hetero) is 1. The number of ketones is 1. The van der Waals surface area contributed by atoms with Crippen molar-refractivity contribution in [2.45, 2.75) is 19.8 Å². The van der Waals surface area contributed by atoms with E-state index in [4.69, 9.17) is 11.6 Å². The third-order valence-corrected chi connectivity index (χ3v) is 3.60. The highest BCUT2D eigenvalue weighted by molar-refractivity contribution is 6.34. The number of amides is 1. The Hall–Kier alpha value is -2.27. The fraction of sp³-hybridized carbons (Fsp3) is 0.176. The monoisotopic (exact) mass is 337 g/mol. The number of halogens is 3. The van der Waals surface area contributed by atoms with Crippen molar-refractivity contribution >= 4 is 29.0 Å². The molecule has 2 aromatic rings. The predicted molar refractivity (Wildman–Crippen MR) is 84.8 cm³/mol. The Labute approximate surface area is 137 Å². The van der Waals surface area contributed by atoms with Crippen LogP contribution in [0.2, 0.25) is 5.02 Å². The molecule has 0 bridgehead atoms. The maximum Gasteiger partial charge on any atom is 0.257 e. The molecule has 0 spiro atoms. The number of rotatable bonds is 5. The zero-order valence-corrected chi connectivity index (χ0v) is 13.1. The van der Waals surface area contributed by atoms with E-state index in [1.165, 1.54) is 6.07 Å². The van der Waals surface area contributed by atoms with E-state index >= 15 is 0 Å². The van der Waals surface area contributed by atoms with Gasteiger partial charge in [0.15, 0.2) is 0 Å². The number of hydrogen-bond acceptors (Lipinski definition) is 2. The van der Waals surface area contributed by atoms with E-state index < -0.39 is 17.5 Å². The molecule has 0 aliphatic carbocycles. The molecule has 0 fully saturated rings. The van der Waals surface area contributed by atoms with Crippen LogP contribution in [-0.2, 0) is 11.2 Å². The molecule has 0 aromatic heterocycles. The van der Waals surface area contributed by atoms with Gasteiger partial charge >= 0.3 is 0 Å². The first-order valence-electron chi connectivity index (χ1n) is 6.98. The summed E-state index contributed by atoms with van der Waals surface area (Å²) in [6.07, 6.45) is 0.395. The molecule has 120 valence electrons. The number of hydrogen-bond donors (Lipinski definition) is 1. The third-order valence-electron chi connectivity index (χ3n) is 3.29. The first-order valence-corrected chi connectivity index (χ1v) is 7.35. The zero-order valence-electron chi connectivity index (χ0n) is 12.3. The van der Waals surface area contributed by atoms with Crippen LogP contribution in [0.5, 0.6) is 0 Å². The van der Waals surface area contributed by atoms with E-state index in [9.17, 15) is 18.4 Å². The highest BCUT2D eigenvalue weighted by atomic mass is 35.5. The highest BCUT2D eigenvalue weighted by Crippen LogP contribution is 2.23. The first-order chi connectivity index (χ1) is 10.9. The topological polar surface area (TPSA) is 46.2 Å². The Bertz CT molecular complexity index is 762. The van der Waals surface area contributed by atoms with Crippen LogP contribution in [0.3, 0.4) is 0 Å². The van der Waals surface area contributed by atoms with Crippen molar-refractivity contribution in [1.82, 2.24) is 0 Å². The second-order valence-electron chi connectivity index (χ2n) is 4.92. The minimum Gasteiger partial charge on any atom is -0.319 e. The Morgan fingerprint density at radius 3 is 2.57 bits per heavy atom. The van der Waals surface area contributed by atoms with Gasteiger partial charge in [0.05, 0.1) is 16.3 Å². The van der Waals surface area contributed by atoms with Crippen LogP contribution < -0.4 is 5.32 Å². The molecule has 0 atom stereocenters. The molecule has 1 N–H and O–H groups in total. The fourth-order valence-electron chi connectivity index (χ4n) is 2.08. The predicted octanol–water partition coefficient (Wildman–Crippen LogP) is 4.39. The number of nitrogens with one attached hydrogen (secondary N) is 1. The first kappa shape index (κ1) is 17.1. The quantitative estimate of drug-likeness (QED) is 0.879. The molecule has 2 aromatic carbocycles. The molecule has 0 aliphatic heterocycles. The average molecular weight is 338 g/mol. The molecule has 0 unspecified atom stereocenters. The molecular formula is C17H14ClF2NO2. The molecule has 0 saturated carbocycles. The van der Waals surface area contributed by atoms with Crippen LogP contribution in [0.15, 0.2) is 36.4 Å². The Balaban J connectivity index is 2.33. The summed E-state index contributed by atoms with van der Waals surface area (Å²) in [5.41, 5.74) is 0.410. The summed E-state index contributed by atoms with van der Waals surface area (Å²) >= 11 is 6.06. The number of anilines is 1. The number of benzene rings is 2. The smallest absolute Gasteiger partial charge is 0.257 e. The van der Waals surface area contributed by atoms with Gasteiger partial charge in [-0.15, -0.1) is 0 Å². The molecule has 3 nitrogen and oxygen atoms in total. The maximum absolute atomic E-state index is 13.7. The SMILES string of the molecule is CCC(=O)Cc1cccc(Cl)c1C(=O)Nc1ccc(F)cc1F. The van der Waals surface area contributed by atoms with Crippen molar-refractivity contribution in [2.24, 2.45) is 0 Å². The molecule has 6 heteroatoms. The summed E-state index contributed by atoms with van der Waals surface area (Å²) in [7, 11) is 0. The molecule has 0 radical (unpaired) electrons.